The summed E-state index contributed by atoms with van der Waals surface area (Å²) >= 11 is 0. The third kappa shape index (κ3) is 9.76. The van der Waals surface area contributed by atoms with Gasteiger partial charge in [0.25, 0.3) is 0 Å². The van der Waals surface area contributed by atoms with E-state index in [1.807, 2.05) is 55.5 Å². The Morgan fingerprint density at radius 1 is 0.884 bits per heavy atom. The molecule has 1 unspecified atom stereocenters. The molecule has 0 aliphatic carbocycles. The standard InChI is InChI=1S/C35H39FN2O4S/c1-4-41-17-18-42-32-19-25(2)35(26(3)20-32)30-12-8-11-28(21-30)23-37-31-15-13-29(33(36)22-31)14-16-34(39)38-43(40)24-27-9-6-5-7-10-27/h5-13,15,19-22,37H,4,14,16-18,23-24H2,1-3H3,(H,38,39). The Morgan fingerprint density at radius 3 is 2.35 bits per heavy atom. The normalized spacial score (nSPS) is 11.6. The van der Waals surface area contributed by atoms with E-state index in [1.54, 1.807) is 6.07 Å². The minimum absolute atomic E-state index is 0.0518. The van der Waals surface area contributed by atoms with E-state index >= 15 is 0 Å². The highest BCUT2D eigenvalue weighted by molar-refractivity contribution is 7.82. The van der Waals surface area contributed by atoms with E-state index in [-0.39, 0.29) is 30.3 Å². The molecule has 0 fully saturated rings. The van der Waals surface area contributed by atoms with Crippen molar-refractivity contribution >= 4 is 22.6 Å². The number of nitrogens with one attached hydrogen (secondary N) is 2. The van der Waals surface area contributed by atoms with Gasteiger partial charge < -0.3 is 14.8 Å². The van der Waals surface area contributed by atoms with E-state index in [0.29, 0.717) is 37.6 Å². The molecule has 0 radical (unpaired) electrons. The van der Waals surface area contributed by atoms with Gasteiger partial charge in [0.05, 0.1) is 12.4 Å². The minimum Gasteiger partial charge on any atom is -0.491 e. The molecule has 0 heterocycles. The molecule has 1 atom stereocenters. The van der Waals surface area contributed by atoms with Crippen molar-refractivity contribution in [3.63, 3.8) is 0 Å². The zero-order chi connectivity index (χ0) is 30.6. The van der Waals surface area contributed by atoms with Gasteiger partial charge in [-0.15, -0.1) is 0 Å². The van der Waals surface area contributed by atoms with Crippen LogP contribution in [-0.4, -0.2) is 29.9 Å². The van der Waals surface area contributed by atoms with Crippen LogP contribution in [-0.2, 0) is 39.2 Å². The van der Waals surface area contributed by atoms with Gasteiger partial charge in [-0.1, -0.05) is 54.6 Å². The van der Waals surface area contributed by atoms with Crippen molar-refractivity contribution < 1.29 is 22.9 Å². The van der Waals surface area contributed by atoms with Crippen LogP contribution in [0.5, 0.6) is 5.75 Å². The number of carbonyl (C=O) groups excluding carboxylic acids is 1. The van der Waals surface area contributed by atoms with Crippen molar-refractivity contribution in [2.24, 2.45) is 0 Å². The minimum atomic E-state index is -1.52. The third-order valence-electron chi connectivity index (χ3n) is 6.96. The Kier molecular flexibility index (Phi) is 11.9. The van der Waals surface area contributed by atoms with Crippen LogP contribution in [0.25, 0.3) is 11.1 Å². The highest BCUT2D eigenvalue weighted by Crippen LogP contribution is 2.32. The number of halogens is 1. The summed E-state index contributed by atoms with van der Waals surface area (Å²) in [6.07, 6.45) is 0.272. The average molecular weight is 603 g/mol. The SMILES string of the molecule is CCOCCOc1cc(C)c(-c2cccc(CNc3ccc(CCC(=O)NS(=O)Cc4ccccc4)c(F)c3)c2)c(C)c1. The molecule has 0 bridgehead atoms. The molecular formula is C35H39FN2O4S. The first kappa shape index (κ1) is 31.9. The molecule has 8 heteroatoms. The van der Waals surface area contributed by atoms with Crippen LogP contribution in [0.2, 0.25) is 0 Å². The van der Waals surface area contributed by atoms with Gasteiger partial charge in [0.2, 0.25) is 5.91 Å². The molecule has 43 heavy (non-hydrogen) atoms. The number of hydrogen-bond acceptors (Lipinski definition) is 5. The molecule has 0 saturated carbocycles. The molecule has 0 aliphatic rings. The van der Waals surface area contributed by atoms with E-state index in [1.165, 1.54) is 11.6 Å². The maximum absolute atomic E-state index is 14.9. The van der Waals surface area contributed by atoms with Crippen molar-refractivity contribution in [2.45, 2.75) is 45.9 Å². The molecule has 2 N–H and O–H groups in total. The van der Waals surface area contributed by atoms with Gasteiger partial charge in [-0.05, 0) is 96.5 Å². The van der Waals surface area contributed by atoms with Crippen molar-refractivity contribution in [2.75, 3.05) is 25.1 Å². The van der Waals surface area contributed by atoms with Crippen LogP contribution in [0, 0.1) is 19.7 Å². The van der Waals surface area contributed by atoms with E-state index < -0.39 is 11.0 Å². The molecule has 0 saturated heterocycles. The van der Waals surface area contributed by atoms with Crippen LogP contribution < -0.4 is 14.8 Å². The maximum Gasteiger partial charge on any atom is 0.231 e. The van der Waals surface area contributed by atoms with Crippen LogP contribution in [0.4, 0.5) is 10.1 Å². The lowest BCUT2D eigenvalue weighted by atomic mass is 9.94. The lowest BCUT2D eigenvalue weighted by molar-refractivity contribution is -0.119. The average Bonchev–Trinajstić information content (AvgIpc) is 2.98. The lowest BCUT2D eigenvalue weighted by Gasteiger charge is -2.15. The number of hydrogen-bond donors (Lipinski definition) is 2. The zero-order valence-corrected chi connectivity index (χ0v) is 25.8. The Labute approximate surface area is 256 Å². The van der Waals surface area contributed by atoms with Gasteiger partial charge in [-0.3, -0.25) is 9.52 Å². The molecule has 4 aromatic rings. The fourth-order valence-corrected chi connectivity index (χ4v) is 5.84. The van der Waals surface area contributed by atoms with Crippen molar-refractivity contribution in [3.05, 3.63) is 119 Å². The molecule has 226 valence electrons. The first-order valence-corrected chi connectivity index (χ1v) is 15.8. The fourth-order valence-electron chi connectivity index (χ4n) is 4.91. The number of amides is 1. The molecule has 0 aliphatic heterocycles. The van der Waals surface area contributed by atoms with Crippen molar-refractivity contribution in [1.82, 2.24) is 4.72 Å². The van der Waals surface area contributed by atoms with Gasteiger partial charge in [0, 0.05) is 25.3 Å². The van der Waals surface area contributed by atoms with Crippen LogP contribution >= 0.6 is 0 Å². The van der Waals surface area contributed by atoms with Gasteiger partial charge in [0.1, 0.15) is 29.2 Å². The van der Waals surface area contributed by atoms with Gasteiger partial charge in [-0.25, -0.2) is 8.60 Å². The van der Waals surface area contributed by atoms with Crippen LogP contribution in [0.3, 0.4) is 0 Å². The number of ether oxygens (including phenoxy) is 2. The second kappa shape index (κ2) is 16.0. The molecule has 0 aromatic heterocycles. The number of carbonyl (C=O) groups is 1. The molecule has 0 spiro atoms. The zero-order valence-electron chi connectivity index (χ0n) is 25.0. The summed E-state index contributed by atoms with van der Waals surface area (Å²) in [6.45, 7) is 8.41. The Hall–Kier alpha value is -4.01. The first-order chi connectivity index (χ1) is 20.8. The van der Waals surface area contributed by atoms with Gasteiger partial charge in [-0.2, -0.15) is 0 Å². The number of anilines is 1. The second-order valence-corrected chi connectivity index (χ2v) is 11.5. The van der Waals surface area contributed by atoms with Crippen molar-refractivity contribution in [1.29, 1.82) is 0 Å². The molecule has 1 amide bonds. The first-order valence-electron chi connectivity index (χ1n) is 14.5. The highest BCUT2D eigenvalue weighted by atomic mass is 32.2. The second-order valence-electron chi connectivity index (χ2n) is 10.3. The predicted octanol–water partition coefficient (Wildman–Crippen LogP) is 7.05. The van der Waals surface area contributed by atoms with E-state index in [4.69, 9.17) is 9.47 Å². The van der Waals surface area contributed by atoms with E-state index in [2.05, 4.69) is 48.2 Å². The maximum atomic E-state index is 14.9. The summed E-state index contributed by atoms with van der Waals surface area (Å²) < 4.78 is 40.8. The van der Waals surface area contributed by atoms with Crippen molar-refractivity contribution in [3.8, 4) is 16.9 Å². The topological polar surface area (TPSA) is 76.7 Å². The number of benzene rings is 4. The Morgan fingerprint density at radius 2 is 1.63 bits per heavy atom. The van der Waals surface area contributed by atoms with E-state index in [9.17, 15) is 13.4 Å². The summed E-state index contributed by atoms with van der Waals surface area (Å²) in [5.41, 5.74) is 7.57. The van der Waals surface area contributed by atoms with Crippen LogP contribution in [0.1, 0.15) is 41.2 Å². The molecular weight excluding hydrogens is 563 g/mol. The van der Waals surface area contributed by atoms with Gasteiger partial charge >= 0.3 is 0 Å². The molecule has 4 aromatic carbocycles. The summed E-state index contributed by atoms with van der Waals surface area (Å²) in [7, 11) is -1.52. The number of aryl methyl sites for hydroxylation is 3. The fraction of sp³-hybridized carbons (Fsp3) is 0.286. The Bertz CT molecular complexity index is 1520. The smallest absolute Gasteiger partial charge is 0.231 e. The Balaban J connectivity index is 1.30. The largest absolute Gasteiger partial charge is 0.491 e. The highest BCUT2D eigenvalue weighted by Gasteiger charge is 2.12. The number of rotatable bonds is 15. The summed E-state index contributed by atoms with van der Waals surface area (Å²) in [6, 6.07) is 26.7. The quantitative estimate of drug-likeness (QED) is 0.143. The van der Waals surface area contributed by atoms with Gasteiger partial charge in [0.15, 0.2) is 0 Å². The molecule has 4 rings (SSSR count). The summed E-state index contributed by atoms with van der Waals surface area (Å²) in [5.74, 6) is 0.317. The van der Waals surface area contributed by atoms with Crippen LogP contribution in [0.15, 0.2) is 84.9 Å². The predicted molar refractivity (Wildman–Crippen MR) is 172 cm³/mol. The third-order valence-corrected chi connectivity index (χ3v) is 8.01. The van der Waals surface area contributed by atoms with E-state index in [0.717, 1.165) is 33.6 Å². The molecule has 6 nitrogen and oxygen atoms in total. The lowest BCUT2D eigenvalue weighted by Crippen LogP contribution is -2.26. The summed E-state index contributed by atoms with van der Waals surface area (Å²) in [5, 5.41) is 3.30. The summed E-state index contributed by atoms with van der Waals surface area (Å²) in [4.78, 5) is 12.3. The monoisotopic (exact) mass is 602 g/mol.